The van der Waals surface area contributed by atoms with E-state index in [4.69, 9.17) is 0 Å². The summed E-state index contributed by atoms with van der Waals surface area (Å²) in [7, 11) is 0. The summed E-state index contributed by atoms with van der Waals surface area (Å²) in [5, 5.41) is 0. The Hall–Kier alpha value is -2.37. The average Bonchev–Trinajstić information content (AvgIpc) is 2.27. The van der Waals surface area contributed by atoms with Gasteiger partial charge in [-0.1, -0.05) is 19.7 Å². The molecule has 0 bridgehead atoms. The smallest absolute Gasteiger partial charge is 0.385 e. The quantitative estimate of drug-likeness (QED) is 0.385. The Kier molecular flexibility index (Phi) is 5.39. The number of carbonyl (C=O) groups excluding carboxylic acids is 3. The molecule has 0 rings (SSSR count). The van der Waals surface area contributed by atoms with Crippen LogP contribution in [0.1, 0.15) is 0 Å². The zero-order chi connectivity index (χ0) is 13.5. The zero-order valence-electron chi connectivity index (χ0n) is 9.01. The number of hydrogen-bond acceptors (Lipinski definition) is 6. The van der Waals surface area contributed by atoms with Gasteiger partial charge in [-0.3, -0.25) is 0 Å². The van der Waals surface area contributed by atoms with Gasteiger partial charge in [0.1, 0.15) is 0 Å². The van der Waals surface area contributed by atoms with Gasteiger partial charge in [0.15, 0.2) is 0 Å². The van der Waals surface area contributed by atoms with Crippen molar-refractivity contribution in [3.05, 3.63) is 44.9 Å². The summed E-state index contributed by atoms with van der Waals surface area (Å²) in [5.74, 6) is -5.42. The molecule has 0 amide bonds. The van der Waals surface area contributed by atoms with Crippen molar-refractivity contribution in [1.29, 1.82) is 0 Å². The minimum atomic E-state index is -2.44. The van der Waals surface area contributed by atoms with E-state index in [2.05, 4.69) is 40.9 Å². The number of esters is 3. The van der Waals surface area contributed by atoms with Crippen LogP contribution < -0.4 is 0 Å². The highest BCUT2D eigenvalue weighted by Gasteiger charge is 2.36. The first kappa shape index (κ1) is 14.6. The van der Waals surface area contributed by atoms with Gasteiger partial charge in [-0.05, 0) is 0 Å². The van der Waals surface area contributed by atoms with Crippen molar-refractivity contribution in [3.8, 4) is 0 Å². The highest BCUT2D eigenvalue weighted by atomic mass is 16.9. The summed E-state index contributed by atoms with van der Waals surface area (Å²) in [6, 6.07) is 0. The number of carbonyl (C=O) groups is 3. The average molecular weight is 239 g/mol. The van der Waals surface area contributed by atoms with E-state index in [9.17, 15) is 14.4 Å². The van der Waals surface area contributed by atoms with Crippen LogP contribution in [-0.2, 0) is 28.6 Å². The predicted molar refractivity (Wildman–Crippen MR) is 57.0 cm³/mol. The summed E-state index contributed by atoms with van der Waals surface area (Å²) in [6.07, 6.45) is 2.34. The van der Waals surface area contributed by atoms with Gasteiger partial charge < -0.3 is 14.2 Å². The van der Waals surface area contributed by atoms with Crippen molar-refractivity contribution in [2.75, 3.05) is 0 Å². The molecule has 17 heavy (non-hydrogen) atoms. The molecule has 0 aromatic heterocycles. The summed E-state index contributed by atoms with van der Waals surface area (Å²) >= 11 is 0. The Balaban J connectivity index is 4.90. The van der Waals surface area contributed by atoms with Gasteiger partial charge in [-0.2, -0.15) is 0 Å². The minimum Gasteiger partial charge on any atom is -0.385 e. The lowest BCUT2D eigenvalue weighted by molar-refractivity contribution is -0.299. The van der Waals surface area contributed by atoms with Gasteiger partial charge in [0.2, 0.25) is 0 Å². The molecule has 0 unspecified atom stereocenters. The Morgan fingerprint density at radius 1 is 0.765 bits per heavy atom. The van der Waals surface area contributed by atoms with Crippen molar-refractivity contribution in [1.82, 2.24) is 0 Å². The van der Waals surface area contributed by atoms with Crippen LogP contribution >= 0.6 is 0 Å². The van der Waals surface area contributed by atoms with Crippen molar-refractivity contribution >= 4 is 17.9 Å². The molecule has 0 saturated heterocycles. The Labute approximate surface area is 98.1 Å². The third kappa shape index (κ3) is 5.31. The molecule has 0 aliphatic carbocycles. The molecule has 0 aliphatic heterocycles. The predicted octanol–water partition coefficient (Wildman–Crippen LogP) is 0.662. The van der Waals surface area contributed by atoms with Crippen LogP contribution in [0, 0.1) is 6.92 Å². The molecule has 0 aromatic rings. The van der Waals surface area contributed by atoms with Gasteiger partial charge in [0.25, 0.3) is 0 Å². The first-order valence-corrected chi connectivity index (χ1v) is 4.28. The molecule has 1 radical (unpaired) electrons. The number of rotatable bonds is 6. The second kappa shape index (κ2) is 6.26. The van der Waals surface area contributed by atoms with Crippen LogP contribution in [0.15, 0.2) is 38.0 Å². The maximum absolute atomic E-state index is 11.0. The third-order valence-electron chi connectivity index (χ3n) is 1.27. The summed E-state index contributed by atoms with van der Waals surface area (Å²) in [6.45, 7) is 12.5. The minimum absolute atomic E-state index is 0.781. The molecule has 0 aromatic carbocycles. The second-order valence-corrected chi connectivity index (χ2v) is 2.56. The lowest BCUT2D eigenvalue weighted by atomic mass is 10.5. The summed E-state index contributed by atoms with van der Waals surface area (Å²) in [4.78, 5) is 32.9. The molecule has 0 aliphatic rings. The van der Waals surface area contributed by atoms with Crippen molar-refractivity contribution in [2.24, 2.45) is 0 Å². The Morgan fingerprint density at radius 3 is 1.18 bits per heavy atom. The molecule has 6 nitrogen and oxygen atoms in total. The number of ether oxygens (including phenoxy) is 3. The SMILES string of the molecule is [CH2]C(OC(=O)C=C)(OC(=O)C=C)OC(=O)C=C. The van der Waals surface area contributed by atoms with Crippen LogP contribution in [0.3, 0.4) is 0 Å². The van der Waals surface area contributed by atoms with Gasteiger partial charge in [0, 0.05) is 18.2 Å². The lowest BCUT2D eigenvalue weighted by Gasteiger charge is -2.25. The molecule has 91 valence electrons. The fourth-order valence-corrected chi connectivity index (χ4v) is 0.647. The normalized spacial score (nSPS) is 9.71. The third-order valence-corrected chi connectivity index (χ3v) is 1.27. The summed E-state index contributed by atoms with van der Waals surface area (Å²) in [5.41, 5.74) is 0. The maximum atomic E-state index is 11.0. The van der Waals surface area contributed by atoms with E-state index < -0.39 is 23.9 Å². The standard InChI is InChI=1S/C11H11O6/c1-5-8(12)15-11(4,16-9(13)6-2)17-10(14)7-3/h5-7H,1-4H2. The van der Waals surface area contributed by atoms with Crippen molar-refractivity contribution in [2.45, 2.75) is 5.97 Å². The molecule has 0 atom stereocenters. The first-order valence-electron chi connectivity index (χ1n) is 4.28. The van der Waals surface area contributed by atoms with Crippen molar-refractivity contribution in [3.63, 3.8) is 0 Å². The van der Waals surface area contributed by atoms with Crippen molar-refractivity contribution < 1.29 is 28.6 Å². The van der Waals surface area contributed by atoms with Crippen LogP contribution in [0.25, 0.3) is 0 Å². The van der Waals surface area contributed by atoms with E-state index >= 15 is 0 Å². The van der Waals surface area contributed by atoms with Gasteiger partial charge in [0.05, 0.1) is 6.92 Å². The van der Waals surface area contributed by atoms with E-state index in [1.807, 2.05) is 0 Å². The lowest BCUT2D eigenvalue weighted by Crippen LogP contribution is -2.41. The molecule has 0 saturated carbocycles. The van der Waals surface area contributed by atoms with Crippen LogP contribution in [0.4, 0.5) is 0 Å². The highest BCUT2D eigenvalue weighted by Crippen LogP contribution is 2.16. The van der Waals surface area contributed by atoms with Crippen LogP contribution in [0.5, 0.6) is 0 Å². The van der Waals surface area contributed by atoms with Gasteiger partial charge in [-0.25, -0.2) is 14.4 Å². The topological polar surface area (TPSA) is 78.9 Å². The van der Waals surface area contributed by atoms with Gasteiger partial charge in [-0.15, -0.1) is 0 Å². The summed E-state index contributed by atoms with van der Waals surface area (Å²) < 4.78 is 13.4. The fourth-order valence-electron chi connectivity index (χ4n) is 0.647. The molecular weight excluding hydrogens is 228 g/mol. The molecule has 0 heterocycles. The fraction of sp³-hybridized carbons (Fsp3) is 0.0909. The zero-order valence-corrected chi connectivity index (χ0v) is 9.01. The Morgan fingerprint density at radius 2 is 1.00 bits per heavy atom. The van der Waals surface area contributed by atoms with E-state index in [1.165, 1.54) is 0 Å². The molecule has 0 fully saturated rings. The largest absolute Gasteiger partial charge is 0.424 e. The molecule has 0 N–H and O–H groups in total. The van der Waals surface area contributed by atoms with E-state index in [0.29, 0.717) is 0 Å². The van der Waals surface area contributed by atoms with E-state index in [1.54, 1.807) is 0 Å². The second-order valence-electron chi connectivity index (χ2n) is 2.56. The number of hydrogen-bond donors (Lipinski definition) is 0. The van der Waals surface area contributed by atoms with Gasteiger partial charge >= 0.3 is 23.9 Å². The van der Waals surface area contributed by atoms with Crippen LogP contribution in [0.2, 0.25) is 0 Å². The highest BCUT2D eigenvalue weighted by molar-refractivity contribution is 5.85. The van der Waals surface area contributed by atoms with Crippen LogP contribution in [-0.4, -0.2) is 23.9 Å². The molecule has 6 heteroatoms. The molecule has 0 spiro atoms. The Bertz CT molecular complexity index is 313. The van der Waals surface area contributed by atoms with E-state index in [0.717, 1.165) is 18.2 Å². The van der Waals surface area contributed by atoms with E-state index in [-0.39, 0.29) is 0 Å². The molecular formula is C11H11O6. The first-order chi connectivity index (χ1) is 7.86. The maximum Gasteiger partial charge on any atom is 0.424 e. The monoisotopic (exact) mass is 239 g/mol.